The van der Waals surface area contributed by atoms with Crippen LogP contribution in [0.2, 0.25) is 0 Å². The number of carbonyl (C=O) groups excluding carboxylic acids is 1. The molecule has 2 aromatic heterocycles. The van der Waals surface area contributed by atoms with Gasteiger partial charge in [-0.25, -0.2) is 4.79 Å². The minimum absolute atomic E-state index is 0.0940. The lowest BCUT2D eigenvalue weighted by atomic mass is 9.98. The quantitative estimate of drug-likeness (QED) is 0.196. The number of aromatic nitrogens is 4. The van der Waals surface area contributed by atoms with E-state index in [0.29, 0.717) is 30.2 Å². The predicted octanol–water partition coefficient (Wildman–Crippen LogP) is 5.17. The van der Waals surface area contributed by atoms with E-state index in [-0.39, 0.29) is 11.9 Å². The second-order valence-electron chi connectivity index (χ2n) is 9.64. The summed E-state index contributed by atoms with van der Waals surface area (Å²) in [5.74, 6) is 0.0718. The van der Waals surface area contributed by atoms with E-state index in [0.717, 1.165) is 46.4 Å². The van der Waals surface area contributed by atoms with Crippen LogP contribution in [0.3, 0.4) is 0 Å². The van der Waals surface area contributed by atoms with Crippen LogP contribution in [0.1, 0.15) is 40.7 Å². The summed E-state index contributed by atoms with van der Waals surface area (Å²) in [4.78, 5) is 28.5. The minimum Gasteiger partial charge on any atom is -0.347 e. The molecule has 0 aliphatic rings. The van der Waals surface area contributed by atoms with Crippen LogP contribution in [0.15, 0.2) is 94.2 Å². The van der Waals surface area contributed by atoms with Crippen molar-refractivity contribution < 1.29 is 9.32 Å². The van der Waals surface area contributed by atoms with Crippen LogP contribution in [0, 0.1) is 0 Å². The van der Waals surface area contributed by atoms with Crippen molar-refractivity contribution in [1.29, 1.82) is 0 Å². The summed E-state index contributed by atoms with van der Waals surface area (Å²) in [5, 5.41) is 10.4. The van der Waals surface area contributed by atoms with Gasteiger partial charge in [-0.2, -0.15) is 27.9 Å². The first-order chi connectivity index (χ1) is 19.5. The summed E-state index contributed by atoms with van der Waals surface area (Å²) in [6.07, 6.45) is 2.47. The maximum absolute atomic E-state index is 13.1. The molecular formula is C31H31N5O3S. The van der Waals surface area contributed by atoms with Gasteiger partial charge in [0.05, 0.1) is 6.54 Å². The first-order valence-electron chi connectivity index (χ1n) is 13.3. The summed E-state index contributed by atoms with van der Waals surface area (Å²) in [5.41, 5.74) is 6.32. The number of aryl methyl sites for hydroxylation is 1. The van der Waals surface area contributed by atoms with Crippen molar-refractivity contribution in [2.75, 3.05) is 5.75 Å². The smallest absolute Gasteiger partial charge is 0.347 e. The predicted molar refractivity (Wildman–Crippen MR) is 159 cm³/mol. The van der Waals surface area contributed by atoms with Crippen molar-refractivity contribution in [3.05, 3.63) is 118 Å². The monoisotopic (exact) mass is 553 g/mol. The van der Waals surface area contributed by atoms with Crippen molar-refractivity contribution >= 4 is 18.5 Å². The van der Waals surface area contributed by atoms with Gasteiger partial charge in [-0.15, -0.1) is 0 Å². The van der Waals surface area contributed by atoms with Gasteiger partial charge in [0.25, 0.3) is 5.91 Å². The first kappa shape index (κ1) is 27.2. The van der Waals surface area contributed by atoms with Crippen molar-refractivity contribution in [3.8, 4) is 22.5 Å². The number of hydrogen-bond donors (Lipinski definition) is 3. The third kappa shape index (κ3) is 6.43. The molecule has 0 unspecified atom stereocenters. The van der Waals surface area contributed by atoms with Gasteiger partial charge in [-0.1, -0.05) is 92.2 Å². The lowest BCUT2D eigenvalue weighted by molar-refractivity contribution is 0.0935. The molecule has 9 heteroatoms. The number of benzene rings is 3. The third-order valence-corrected chi connectivity index (χ3v) is 7.14. The summed E-state index contributed by atoms with van der Waals surface area (Å²) in [6.45, 7) is 2.66. The number of H-pyrrole nitrogens is 1. The Kier molecular flexibility index (Phi) is 8.61. The highest BCUT2D eigenvalue weighted by atomic mass is 32.1. The second-order valence-corrected chi connectivity index (χ2v) is 10.0. The average Bonchev–Trinajstić information content (AvgIpc) is 3.60. The molecule has 3 aromatic carbocycles. The maximum atomic E-state index is 13.1. The Labute approximate surface area is 237 Å². The molecule has 5 rings (SSSR count). The van der Waals surface area contributed by atoms with Crippen LogP contribution >= 0.6 is 12.6 Å². The summed E-state index contributed by atoms with van der Waals surface area (Å²) < 4.78 is 6.68. The molecule has 0 aliphatic carbocycles. The van der Waals surface area contributed by atoms with Gasteiger partial charge in [0.2, 0.25) is 0 Å². The molecule has 2 N–H and O–H groups in total. The van der Waals surface area contributed by atoms with Crippen LogP contribution in [-0.4, -0.2) is 37.6 Å². The topological polar surface area (TPSA) is 106 Å². The zero-order valence-corrected chi connectivity index (χ0v) is 23.1. The number of nitrogens with zero attached hydrogens (tertiary/aromatic N) is 3. The molecule has 0 bridgehead atoms. The largest absolute Gasteiger partial charge is 0.460 e. The Morgan fingerprint density at radius 1 is 1.00 bits per heavy atom. The third-order valence-electron chi connectivity index (χ3n) is 6.70. The van der Waals surface area contributed by atoms with Crippen molar-refractivity contribution in [1.82, 2.24) is 25.2 Å². The van der Waals surface area contributed by atoms with Crippen LogP contribution in [0.4, 0.5) is 0 Å². The van der Waals surface area contributed by atoms with E-state index < -0.39 is 5.76 Å². The summed E-state index contributed by atoms with van der Waals surface area (Å²) in [7, 11) is 0. The normalized spacial score (nSPS) is 11.8. The molecule has 0 saturated heterocycles. The number of carbonyl (C=O) groups is 1. The van der Waals surface area contributed by atoms with Gasteiger partial charge in [-0.05, 0) is 41.2 Å². The first-order valence-corrected chi connectivity index (χ1v) is 13.9. The number of aromatic amines is 1. The van der Waals surface area contributed by atoms with E-state index in [4.69, 9.17) is 4.52 Å². The summed E-state index contributed by atoms with van der Waals surface area (Å²) in [6, 6.07) is 27.7. The van der Waals surface area contributed by atoms with E-state index in [2.05, 4.69) is 52.2 Å². The van der Waals surface area contributed by atoms with E-state index in [1.165, 1.54) is 0 Å². The van der Waals surface area contributed by atoms with Crippen LogP contribution in [0.5, 0.6) is 0 Å². The van der Waals surface area contributed by atoms with Gasteiger partial charge in [-0.3, -0.25) is 9.48 Å². The van der Waals surface area contributed by atoms with E-state index in [9.17, 15) is 9.59 Å². The molecule has 0 aliphatic heterocycles. The van der Waals surface area contributed by atoms with Crippen LogP contribution in [-0.2, 0) is 19.4 Å². The number of thiol groups is 1. The molecule has 204 valence electrons. The Bertz CT molecular complexity index is 1620. The zero-order chi connectivity index (χ0) is 27.9. The van der Waals surface area contributed by atoms with Gasteiger partial charge < -0.3 is 9.84 Å². The number of hydrogen-bond acceptors (Lipinski definition) is 6. The number of amides is 1. The molecule has 8 nitrogen and oxygen atoms in total. The molecule has 0 radical (unpaired) electrons. The van der Waals surface area contributed by atoms with Crippen molar-refractivity contribution in [2.45, 2.75) is 38.8 Å². The van der Waals surface area contributed by atoms with E-state index in [1.54, 1.807) is 0 Å². The molecule has 0 spiro atoms. The molecule has 0 fully saturated rings. The molecular weight excluding hydrogens is 522 g/mol. The lowest BCUT2D eigenvalue weighted by Gasteiger charge is -2.16. The fourth-order valence-electron chi connectivity index (χ4n) is 4.73. The van der Waals surface area contributed by atoms with E-state index in [1.807, 2.05) is 77.5 Å². The van der Waals surface area contributed by atoms with Crippen molar-refractivity contribution in [3.63, 3.8) is 0 Å². The molecule has 2 heterocycles. The lowest BCUT2D eigenvalue weighted by Crippen LogP contribution is -2.38. The fourth-order valence-corrected chi connectivity index (χ4v) is 4.95. The van der Waals surface area contributed by atoms with Gasteiger partial charge in [0, 0.05) is 23.1 Å². The van der Waals surface area contributed by atoms with Gasteiger partial charge in [0.1, 0.15) is 5.69 Å². The number of nitrogens with one attached hydrogen (secondary N) is 2. The molecule has 1 atom stereocenters. The SMILES string of the molecule is CCCc1cc(C(=O)N[C@@H](CS)Cc2ccccc2)nn1Cc1ccc(-c2ccccc2-c2nc(=O)o[nH]2)cc1. The maximum Gasteiger partial charge on any atom is 0.460 e. The molecule has 0 saturated carbocycles. The van der Waals surface area contributed by atoms with Gasteiger partial charge >= 0.3 is 5.76 Å². The Morgan fingerprint density at radius 3 is 2.40 bits per heavy atom. The summed E-state index contributed by atoms with van der Waals surface area (Å²) >= 11 is 4.46. The minimum atomic E-state index is -0.660. The molecule has 1 amide bonds. The Morgan fingerprint density at radius 2 is 1.73 bits per heavy atom. The Balaban J connectivity index is 1.32. The zero-order valence-electron chi connectivity index (χ0n) is 22.2. The van der Waals surface area contributed by atoms with E-state index >= 15 is 0 Å². The highest BCUT2D eigenvalue weighted by Crippen LogP contribution is 2.30. The highest BCUT2D eigenvalue weighted by molar-refractivity contribution is 7.80. The van der Waals surface area contributed by atoms with Crippen LogP contribution < -0.4 is 11.1 Å². The number of rotatable bonds is 11. The van der Waals surface area contributed by atoms with Gasteiger partial charge in [0.15, 0.2) is 5.82 Å². The molecule has 40 heavy (non-hydrogen) atoms. The standard InChI is InChI=1S/C31H31N5O3S/c1-2-8-25-18-28(30(37)32-24(20-40)17-21-9-4-3-5-10-21)34-36(25)19-22-13-15-23(16-14-22)26-11-6-7-12-27(26)29-33-31(38)39-35-29/h3-7,9-16,18,24,40H,2,8,17,19-20H2,1H3,(H,32,37)(H,33,35,38)/t24-/m1/s1. The Hall–Kier alpha value is -4.37. The fraction of sp³-hybridized carbons (Fsp3) is 0.226. The molecule has 5 aromatic rings. The average molecular weight is 554 g/mol. The van der Waals surface area contributed by atoms with Crippen molar-refractivity contribution in [2.24, 2.45) is 0 Å². The van der Waals surface area contributed by atoms with Crippen LogP contribution in [0.25, 0.3) is 22.5 Å². The second kappa shape index (κ2) is 12.7. The highest BCUT2D eigenvalue weighted by Gasteiger charge is 2.18.